The summed E-state index contributed by atoms with van der Waals surface area (Å²) in [6.45, 7) is 0. The van der Waals surface area contributed by atoms with Gasteiger partial charge in [-0.25, -0.2) is 16.8 Å². The Morgan fingerprint density at radius 1 is 0.957 bits per heavy atom. The Morgan fingerprint density at radius 2 is 1.26 bits per heavy atom. The van der Waals surface area contributed by atoms with Crippen LogP contribution < -0.4 is 0 Å². The molecule has 0 fully saturated rings. The molecule has 0 saturated carbocycles. The van der Waals surface area contributed by atoms with Crippen LogP contribution in [0.2, 0.25) is 4.63 Å². The van der Waals surface area contributed by atoms with Crippen molar-refractivity contribution in [2.45, 2.75) is 22.1 Å². The van der Waals surface area contributed by atoms with E-state index in [1.165, 1.54) is 6.42 Å². The molecule has 6 nitrogen and oxygen atoms in total. The molecule has 134 valence electrons. The molecule has 0 spiro atoms. The fraction of sp³-hybridized carbons (Fsp3) is 0.500. The maximum atomic E-state index is 10.7. The Bertz CT molecular complexity index is 589. The van der Waals surface area contributed by atoms with Crippen molar-refractivity contribution < 1.29 is 75.5 Å². The summed E-state index contributed by atoms with van der Waals surface area (Å²) < 4.78 is 122. The first kappa shape index (κ1) is 25.0. The molecule has 23 heavy (non-hydrogen) atoms. The molecule has 0 unspecified atom stereocenters. The second kappa shape index (κ2) is 9.30. The van der Waals surface area contributed by atoms with Gasteiger partial charge in [-0.15, -0.1) is 0 Å². The zero-order valence-corrected chi connectivity index (χ0v) is 15.1. The molecule has 0 radical (unpaired) electrons. The molecule has 0 aliphatic heterocycles. The molecule has 1 aliphatic carbocycles. The summed E-state index contributed by atoms with van der Waals surface area (Å²) >= 11 is -0.0408. The van der Waals surface area contributed by atoms with Gasteiger partial charge in [0.25, 0.3) is 0 Å². The average molecular weight is 469 g/mol. The fourth-order valence-corrected chi connectivity index (χ4v) is 2.07. The zero-order valence-electron chi connectivity index (χ0n) is 11.0. The zero-order chi connectivity index (χ0) is 19.1. The van der Waals surface area contributed by atoms with Gasteiger partial charge in [0.2, 0.25) is 0 Å². The first-order valence-corrected chi connectivity index (χ1v) is 11.5. The van der Waals surface area contributed by atoms with Gasteiger partial charge in [0.15, 0.2) is 20.2 Å². The van der Waals surface area contributed by atoms with Gasteiger partial charge in [-0.1, -0.05) is 0 Å². The van der Waals surface area contributed by atoms with Gasteiger partial charge in [0.05, 0.1) is 0 Å². The predicted molar refractivity (Wildman–Crippen MR) is 59.2 cm³/mol. The van der Waals surface area contributed by atoms with Crippen LogP contribution in [0.1, 0.15) is 6.42 Å². The van der Waals surface area contributed by atoms with E-state index in [0.29, 0.717) is 0 Å². The Balaban J connectivity index is 0. The molecule has 0 aromatic rings. The molecule has 0 bridgehead atoms. The van der Waals surface area contributed by atoms with E-state index in [9.17, 15) is 26.3 Å². The molecule has 0 amide bonds. The van der Waals surface area contributed by atoms with Gasteiger partial charge < -0.3 is 9.11 Å². The number of rotatable bonds is 1. The molecular formula is C8H8F6O6S2Zr. The third kappa shape index (κ3) is 11.9. The van der Waals surface area contributed by atoms with E-state index in [0.717, 1.165) is 0 Å². The standard InChI is InChI=1S/C5H5.2CHF3O3S.CH3.Zr/c1-2-4-5-3-1;2*2-1(3,4)8(5,6)7;;/h1-3H,4H2;2*(H,5,6,7);1H3;/q;;;;+2/p-2. The Kier molecular flexibility index (Phi) is 10.1. The molecular weight excluding hydrogens is 461 g/mol. The minimum absolute atomic E-state index is 0.0408. The van der Waals surface area contributed by atoms with E-state index in [1.54, 1.807) is 3.28 Å². The third-order valence-electron chi connectivity index (χ3n) is 1.66. The molecule has 0 atom stereocenters. The van der Waals surface area contributed by atoms with E-state index in [-0.39, 0.29) is 23.2 Å². The van der Waals surface area contributed by atoms with Gasteiger partial charge >= 0.3 is 66.8 Å². The second-order valence-corrected chi connectivity index (χ2v) is 8.92. The average Bonchev–Trinajstić information content (AvgIpc) is 2.77. The van der Waals surface area contributed by atoms with Crippen LogP contribution in [0.4, 0.5) is 26.3 Å². The van der Waals surface area contributed by atoms with Crippen molar-refractivity contribution in [1.29, 1.82) is 0 Å². The molecule has 15 heteroatoms. The number of allylic oxidation sites excluding steroid dienone is 4. The molecule has 0 heterocycles. The van der Waals surface area contributed by atoms with Crippen LogP contribution in [-0.2, 0) is 43.5 Å². The van der Waals surface area contributed by atoms with Crippen LogP contribution in [0.25, 0.3) is 0 Å². The summed E-state index contributed by atoms with van der Waals surface area (Å²) in [5.41, 5.74) is -11.3. The summed E-state index contributed by atoms with van der Waals surface area (Å²) in [4.78, 5) is 0. The molecule has 1 aliphatic rings. The van der Waals surface area contributed by atoms with Gasteiger partial charge in [0, 0.05) is 0 Å². The van der Waals surface area contributed by atoms with Gasteiger partial charge in [-0.3, -0.25) is 0 Å². The van der Waals surface area contributed by atoms with Crippen molar-refractivity contribution in [3.63, 3.8) is 0 Å². The predicted octanol–water partition coefficient (Wildman–Crippen LogP) is 2.06. The maximum absolute atomic E-state index is 10.7. The van der Waals surface area contributed by atoms with Gasteiger partial charge in [-0.05, 0) is 0 Å². The van der Waals surface area contributed by atoms with Crippen molar-refractivity contribution in [2.24, 2.45) is 0 Å². The monoisotopic (exact) mass is 468 g/mol. The normalized spacial score (nSPS) is 14.7. The van der Waals surface area contributed by atoms with Gasteiger partial charge in [-0.2, -0.15) is 26.3 Å². The Hall–Kier alpha value is -0.237. The Morgan fingerprint density at radius 3 is 1.35 bits per heavy atom. The van der Waals surface area contributed by atoms with Crippen LogP contribution in [0.15, 0.2) is 21.5 Å². The molecule has 0 aromatic carbocycles. The van der Waals surface area contributed by atoms with E-state index >= 15 is 0 Å². The molecule has 0 aromatic heterocycles. The van der Waals surface area contributed by atoms with Crippen molar-refractivity contribution in [1.82, 2.24) is 0 Å². The summed E-state index contributed by atoms with van der Waals surface area (Å²) in [5.74, 6) is 0. The van der Waals surface area contributed by atoms with Crippen molar-refractivity contribution in [3.05, 3.63) is 21.5 Å². The fourth-order valence-electron chi connectivity index (χ4n) is 0.633. The van der Waals surface area contributed by atoms with Crippen LogP contribution >= 0.6 is 0 Å². The quantitative estimate of drug-likeness (QED) is 0.330. The van der Waals surface area contributed by atoms with Crippen molar-refractivity contribution in [3.8, 4) is 0 Å². The minimum atomic E-state index is -6.09. The van der Waals surface area contributed by atoms with E-state index in [4.69, 9.17) is 25.9 Å². The van der Waals surface area contributed by atoms with Crippen molar-refractivity contribution >= 4 is 20.2 Å². The third-order valence-corrected chi connectivity index (χ3v) is 5.28. The SMILES string of the molecule is O=S(=O)([O-])C(F)(F)F.O=S(=O)([O-])C(F)(F)F.[CH3][Zr+2][C]1=CC=CC1. The van der Waals surface area contributed by atoms with E-state index in [1.807, 2.05) is 0 Å². The summed E-state index contributed by atoms with van der Waals surface area (Å²) in [5, 5.41) is 0. The van der Waals surface area contributed by atoms with Crippen LogP contribution in [0.5, 0.6) is 0 Å². The van der Waals surface area contributed by atoms with Crippen LogP contribution in [-0.4, -0.2) is 37.0 Å². The van der Waals surface area contributed by atoms with E-state index in [2.05, 4.69) is 22.9 Å². The topological polar surface area (TPSA) is 114 Å². The first-order valence-electron chi connectivity index (χ1n) is 5.01. The molecule has 1 rings (SSSR count). The second-order valence-electron chi connectivity index (χ2n) is 3.37. The number of halogens is 6. The summed E-state index contributed by atoms with van der Waals surface area (Å²) in [7, 11) is -12.2. The number of hydrogen-bond acceptors (Lipinski definition) is 6. The van der Waals surface area contributed by atoms with Gasteiger partial charge in [0.1, 0.15) is 0 Å². The summed E-state index contributed by atoms with van der Waals surface area (Å²) in [6.07, 6.45) is 7.94. The Labute approximate surface area is 139 Å². The number of alkyl halides is 6. The summed E-state index contributed by atoms with van der Waals surface area (Å²) in [6, 6.07) is 0. The molecule has 0 N–H and O–H groups in total. The first-order chi connectivity index (χ1) is 9.93. The molecule has 0 saturated heterocycles. The van der Waals surface area contributed by atoms with Crippen LogP contribution in [0.3, 0.4) is 0 Å². The number of hydrogen-bond donors (Lipinski definition) is 0. The van der Waals surface area contributed by atoms with Crippen LogP contribution in [0, 0.1) is 0 Å². The van der Waals surface area contributed by atoms with E-state index < -0.39 is 31.3 Å². The van der Waals surface area contributed by atoms with Crippen molar-refractivity contribution in [2.75, 3.05) is 0 Å².